The first kappa shape index (κ1) is 14.6. The zero-order valence-corrected chi connectivity index (χ0v) is 11.8. The zero-order valence-electron chi connectivity index (χ0n) is 10.3. The number of hydrogen-bond donors (Lipinski definition) is 1. The van der Waals surface area contributed by atoms with E-state index in [4.69, 9.17) is 0 Å². The fraction of sp³-hybridized carbons (Fsp3) is 0.417. The topological polar surface area (TPSA) is 70.5 Å². The monoisotopic (exact) mass is 314 g/mol. The maximum Gasteiger partial charge on any atom is 0.332 e. The molecule has 0 aromatic carbocycles. The van der Waals surface area contributed by atoms with E-state index in [0.29, 0.717) is 18.7 Å². The van der Waals surface area contributed by atoms with Crippen molar-refractivity contribution in [2.45, 2.75) is 26.3 Å². The Balaban J connectivity index is 3.11. The molecule has 98 valence electrons. The number of hydrogen-bond acceptors (Lipinski definition) is 3. The zero-order chi connectivity index (χ0) is 13.7. The smallest absolute Gasteiger partial charge is 0.332 e. The van der Waals surface area contributed by atoms with Gasteiger partial charge in [0.2, 0.25) is 5.91 Å². The van der Waals surface area contributed by atoms with Crippen LogP contribution in [0.15, 0.2) is 22.8 Å². The maximum atomic E-state index is 11.5. The van der Waals surface area contributed by atoms with Crippen LogP contribution in [0.4, 0.5) is 0 Å². The van der Waals surface area contributed by atoms with Crippen molar-refractivity contribution in [1.82, 2.24) is 9.88 Å². The lowest BCUT2D eigenvalue weighted by molar-refractivity contribution is -0.150. The largest absolute Gasteiger partial charge is 0.479 e. The van der Waals surface area contributed by atoms with E-state index in [-0.39, 0.29) is 5.91 Å². The second kappa shape index (κ2) is 6.49. The predicted molar refractivity (Wildman–Crippen MR) is 70.0 cm³/mol. The van der Waals surface area contributed by atoms with Gasteiger partial charge in [-0.2, -0.15) is 0 Å². The van der Waals surface area contributed by atoms with Crippen LogP contribution in [-0.4, -0.2) is 33.4 Å². The molecule has 0 spiro atoms. The van der Waals surface area contributed by atoms with E-state index in [2.05, 4.69) is 20.9 Å². The highest BCUT2D eigenvalue weighted by Gasteiger charge is 2.29. The molecule has 1 unspecified atom stereocenters. The number of carboxylic acid groups (broad SMARTS) is 1. The van der Waals surface area contributed by atoms with Crippen molar-refractivity contribution in [1.29, 1.82) is 0 Å². The van der Waals surface area contributed by atoms with E-state index in [1.165, 1.54) is 18.0 Å². The summed E-state index contributed by atoms with van der Waals surface area (Å²) in [6.07, 6.45) is 2.22. The number of aliphatic carboxylic acids is 1. The van der Waals surface area contributed by atoms with Gasteiger partial charge in [0.25, 0.3) is 0 Å². The second-order valence-electron chi connectivity index (χ2n) is 3.85. The quantitative estimate of drug-likeness (QED) is 0.904. The molecule has 5 nitrogen and oxygen atoms in total. The van der Waals surface area contributed by atoms with Crippen LogP contribution in [0.25, 0.3) is 0 Å². The molecule has 6 heteroatoms. The number of carbonyl (C=O) groups is 2. The molecule has 0 bridgehead atoms. The van der Waals surface area contributed by atoms with Crippen LogP contribution >= 0.6 is 15.9 Å². The van der Waals surface area contributed by atoms with E-state index >= 15 is 0 Å². The highest BCUT2D eigenvalue weighted by molar-refractivity contribution is 9.10. The summed E-state index contributed by atoms with van der Waals surface area (Å²) in [7, 11) is 0. The van der Waals surface area contributed by atoms with Gasteiger partial charge in [-0.15, -0.1) is 0 Å². The summed E-state index contributed by atoms with van der Waals surface area (Å²) in [4.78, 5) is 28.3. The van der Waals surface area contributed by atoms with Gasteiger partial charge >= 0.3 is 5.97 Å². The normalized spacial score (nSPS) is 11.9. The van der Waals surface area contributed by atoms with Gasteiger partial charge < -0.3 is 10.0 Å². The minimum atomic E-state index is -1.08. The van der Waals surface area contributed by atoms with Crippen molar-refractivity contribution in [2.75, 3.05) is 6.54 Å². The standard InChI is InChI=1S/C12H15BrN2O3/c1-3-6-15(8(2)16)11(12(17)18)10-5-4-9(13)7-14-10/h4-5,7,11H,3,6H2,1-2H3,(H,17,18). The average Bonchev–Trinajstić information content (AvgIpc) is 2.30. The van der Waals surface area contributed by atoms with Crippen LogP contribution in [0.3, 0.4) is 0 Å². The third-order valence-corrected chi connectivity index (χ3v) is 2.91. The molecule has 0 radical (unpaired) electrons. The van der Waals surface area contributed by atoms with Gasteiger partial charge in [0.05, 0.1) is 5.69 Å². The molecule has 1 rings (SSSR count). The van der Waals surface area contributed by atoms with Gasteiger partial charge in [-0.25, -0.2) is 4.79 Å². The van der Waals surface area contributed by atoms with Gasteiger partial charge in [-0.1, -0.05) is 6.92 Å². The first-order valence-corrected chi connectivity index (χ1v) is 6.38. The van der Waals surface area contributed by atoms with E-state index in [1.807, 2.05) is 6.92 Å². The second-order valence-corrected chi connectivity index (χ2v) is 4.77. The van der Waals surface area contributed by atoms with E-state index < -0.39 is 12.0 Å². The van der Waals surface area contributed by atoms with E-state index in [9.17, 15) is 14.7 Å². The van der Waals surface area contributed by atoms with Crippen LogP contribution in [0.2, 0.25) is 0 Å². The molecule has 1 aromatic rings. The van der Waals surface area contributed by atoms with Crippen LogP contribution in [0.5, 0.6) is 0 Å². The number of amides is 1. The van der Waals surface area contributed by atoms with Crippen molar-refractivity contribution < 1.29 is 14.7 Å². The van der Waals surface area contributed by atoms with E-state index in [0.717, 1.165) is 4.47 Å². The number of halogens is 1. The molecule has 1 heterocycles. The Bertz CT molecular complexity index is 433. The molecule has 0 saturated heterocycles. The Labute approximate surface area is 114 Å². The molecular weight excluding hydrogens is 300 g/mol. The van der Waals surface area contributed by atoms with Gasteiger partial charge in [0.1, 0.15) is 0 Å². The number of carbonyl (C=O) groups excluding carboxylic acids is 1. The highest BCUT2D eigenvalue weighted by atomic mass is 79.9. The fourth-order valence-electron chi connectivity index (χ4n) is 1.68. The third kappa shape index (κ3) is 3.53. The SMILES string of the molecule is CCCN(C(C)=O)C(C(=O)O)c1ccc(Br)cn1. The lowest BCUT2D eigenvalue weighted by atomic mass is 10.1. The molecule has 0 fully saturated rings. The lowest BCUT2D eigenvalue weighted by Gasteiger charge is -2.27. The van der Waals surface area contributed by atoms with Crippen molar-refractivity contribution in [3.8, 4) is 0 Å². The summed E-state index contributed by atoms with van der Waals surface area (Å²) in [6.45, 7) is 3.65. The highest BCUT2D eigenvalue weighted by Crippen LogP contribution is 2.21. The number of carboxylic acids is 1. The molecule has 0 aliphatic heterocycles. The van der Waals surface area contributed by atoms with E-state index in [1.54, 1.807) is 12.1 Å². The Morgan fingerprint density at radius 2 is 2.17 bits per heavy atom. The first-order valence-electron chi connectivity index (χ1n) is 5.58. The van der Waals surface area contributed by atoms with Crippen LogP contribution in [-0.2, 0) is 9.59 Å². The van der Waals surface area contributed by atoms with Gasteiger partial charge in [-0.3, -0.25) is 9.78 Å². The third-order valence-electron chi connectivity index (χ3n) is 2.44. The average molecular weight is 315 g/mol. The molecule has 18 heavy (non-hydrogen) atoms. The number of rotatable bonds is 5. The first-order chi connectivity index (χ1) is 8.47. The molecule has 1 N–H and O–H groups in total. The summed E-state index contributed by atoms with van der Waals surface area (Å²) in [5.41, 5.74) is 0.356. The van der Waals surface area contributed by atoms with Gasteiger partial charge in [0, 0.05) is 24.1 Å². The number of nitrogens with zero attached hydrogens (tertiary/aromatic N) is 2. The van der Waals surface area contributed by atoms with Crippen LogP contribution in [0.1, 0.15) is 32.0 Å². The Kier molecular flexibility index (Phi) is 5.27. The van der Waals surface area contributed by atoms with Crippen LogP contribution in [0, 0.1) is 0 Å². The molecule has 0 aliphatic rings. The molecule has 0 aliphatic carbocycles. The predicted octanol–water partition coefficient (Wildman–Crippen LogP) is 2.23. The van der Waals surface area contributed by atoms with Gasteiger partial charge in [0.15, 0.2) is 6.04 Å². The lowest BCUT2D eigenvalue weighted by Crippen LogP contribution is -2.38. The molecule has 1 aromatic heterocycles. The van der Waals surface area contributed by atoms with Crippen LogP contribution < -0.4 is 0 Å². The number of aromatic nitrogens is 1. The molecule has 1 atom stereocenters. The molecular formula is C12H15BrN2O3. The summed E-state index contributed by atoms with van der Waals surface area (Å²) < 4.78 is 0.764. The summed E-state index contributed by atoms with van der Waals surface area (Å²) in [5, 5.41) is 9.30. The molecule has 0 saturated carbocycles. The van der Waals surface area contributed by atoms with Crippen molar-refractivity contribution in [3.63, 3.8) is 0 Å². The Hall–Kier alpha value is -1.43. The maximum absolute atomic E-state index is 11.5. The fourth-order valence-corrected chi connectivity index (χ4v) is 1.91. The van der Waals surface area contributed by atoms with Crippen molar-refractivity contribution >= 4 is 27.8 Å². The summed E-state index contributed by atoms with van der Waals surface area (Å²) >= 11 is 3.24. The van der Waals surface area contributed by atoms with Crippen molar-refractivity contribution in [2.24, 2.45) is 0 Å². The van der Waals surface area contributed by atoms with Crippen molar-refractivity contribution in [3.05, 3.63) is 28.5 Å². The minimum absolute atomic E-state index is 0.269. The molecule has 1 amide bonds. The summed E-state index contributed by atoms with van der Waals surface area (Å²) in [5.74, 6) is -1.34. The number of pyridine rings is 1. The minimum Gasteiger partial charge on any atom is -0.479 e. The van der Waals surface area contributed by atoms with Gasteiger partial charge in [-0.05, 0) is 34.5 Å². The Morgan fingerprint density at radius 3 is 2.56 bits per heavy atom. The summed E-state index contributed by atoms with van der Waals surface area (Å²) in [6, 6.07) is 2.28. The Morgan fingerprint density at radius 1 is 1.50 bits per heavy atom.